The summed E-state index contributed by atoms with van der Waals surface area (Å²) in [5.41, 5.74) is 2.63. The Balaban J connectivity index is 1.46. The number of nitrogens with one attached hydrogen (secondary N) is 2. The number of carbonyl (C=O) groups is 2. The summed E-state index contributed by atoms with van der Waals surface area (Å²) in [6, 6.07) is 14.9. The molecule has 5 nitrogen and oxygen atoms in total. The SMILES string of the molecule is CC(=O)Nc1ccc(NC(=O)COc2ccc(C3SCCCS3)cc2)cc1. The lowest BCUT2D eigenvalue weighted by atomic mass is 10.2. The maximum absolute atomic E-state index is 12.1. The molecule has 0 spiro atoms. The maximum atomic E-state index is 12.1. The Hall–Kier alpha value is -2.12. The van der Waals surface area contributed by atoms with Gasteiger partial charge in [0, 0.05) is 18.3 Å². The Labute approximate surface area is 167 Å². The molecule has 1 saturated heterocycles. The molecule has 0 radical (unpaired) electrons. The van der Waals surface area contributed by atoms with Crippen LogP contribution in [0.3, 0.4) is 0 Å². The summed E-state index contributed by atoms with van der Waals surface area (Å²) in [5, 5.41) is 5.45. The first-order valence-corrected chi connectivity index (χ1v) is 10.8. The van der Waals surface area contributed by atoms with E-state index in [1.54, 1.807) is 24.3 Å². The van der Waals surface area contributed by atoms with Gasteiger partial charge in [-0.15, -0.1) is 23.5 Å². The molecule has 0 atom stereocenters. The molecule has 27 heavy (non-hydrogen) atoms. The van der Waals surface area contributed by atoms with Crippen molar-refractivity contribution in [1.82, 2.24) is 0 Å². The van der Waals surface area contributed by atoms with Crippen LogP contribution in [0, 0.1) is 0 Å². The van der Waals surface area contributed by atoms with Crippen LogP contribution in [0.15, 0.2) is 48.5 Å². The lowest BCUT2D eigenvalue weighted by molar-refractivity contribution is -0.118. The van der Waals surface area contributed by atoms with Gasteiger partial charge in [-0.3, -0.25) is 9.59 Å². The van der Waals surface area contributed by atoms with Crippen LogP contribution >= 0.6 is 23.5 Å². The number of hydrogen-bond acceptors (Lipinski definition) is 5. The monoisotopic (exact) mass is 402 g/mol. The minimum Gasteiger partial charge on any atom is -0.484 e. The third-order valence-electron chi connectivity index (χ3n) is 3.84. The summed E-state index contributed by atoms with van der Waals surface area (Å²) in [6.45, 7) is 1.39. The van der Waals surface area contributed by atoms with Crippen molar-refractivity contribution >= 4 is 46.7 Å². The Morgan fingerprint density at radius 1 is 0.963 bits per heavy atom. The van der Waals surface area contributed by atoms with Crippen LogP contribution in [-0.4, -0.2) is 29.9 Å². The fourth-order valence-corrected chi connectivity index (χ4v) is 5.48. The van der Waals surface area contributed by atoms with Crippen molar-refractivity contribution in [3.63, 3.8) is 0 Å². The predicted octanol–water partition coefficient (Wildman–Crippen LogP) is 4.53. The van der Waals surface area contributed by atoms with Gasteiger partial charge in [0.05, 0.1) is 4.58 Å². The molecule has 7 heteroatoms. The van der Waals surface area contributed by atoms with Gasteiger partial charge < -0.3 is 15.4 Å². The van der Waals surface area contributed by atoms with Crippen molar-refractivity contribution < 1.29 is 14.3 Å². The van der Waals surface area contributed by atoms with Gasteiger partial charge in [-0.05, 0) is 59.9 Å². The van der Waals surface area contributed by atoms with E-state index in [4.69, 9.17) is 4.74 Å². The normalized spacial score (nSPS) is 14.4. The first-order chi connectivity index (χ1) is 13.1. The standard InChI is InChI=1S/C20H22N2O3S2/c1-14(23)21-16-5-7-17(8-6-16)22-19(24)13-25-18-9-3-15(4-10-18)20-26-11-2-12-27-20/h3-10,20H,2,11-13H2,1H3,(H,21,23)(H,22,24). The lowest BCUT2D eigenvalue weighted by Gasteiger charge is -2.21. The summed E-state index contributed by atoms with van der Waals surface area (Å²) in [4.78, 5) is 23.1. The molecule has 2 amide bonds. The highest BCUT2D eigenvalue weighted by Crippen LogP contribution is 2.43. The first-order valence-electron chi connectivity index (χ1n) is 8.73. The van der Waals surface area contributed by atoms with Gasteiger partial charge in [0.1, 0.15) is 5.75 Å². The molecule has 0 aliphatic carbocycles. The Kier molecular flexibility index (Phi) is 7.06. The molecule has 0 saturated carbocycles. The van der Waals surface area contributed by atoms with Crippen LogP contribution in [0.25, 0.3) is 0 Å². The van der Waals surface area contributed by atoms with Crippen LogP contribution in [-0.2, 0) is 9.59 Å². The third-order valence-corrected chi connectivity index (χ3v) is 6.85. The number of thioether (sulfide) groups is 2. The van der Waals surface area contributed by atoms with Crippen molar-refractivity contribution in [3.05, 3.63) is 54.1 Å². The van der Waals surface area contributed by atoms with E-state index in [0.717, 1.165) is 0 Å². The first kappa shape index (κ1) is 19.6. The zero-order valence-electron chi connectivity index (χ0n) is 15.1. The highest BCUT2D eigenvalue weighted by atomic mass is 32.2. The van der Waals surface area contributed by atoms with Gasteiger partial charge in [0.25, 0.3) is 5.91 Å². The van der Waals surface area contributed by atoms with Gasteiger partial charge in [0.15, 0.2) is 6.61 Å². The fraction of sp³-hybridized carbons (Fsp3) is 0.300. The van der Waals surface area contributed by atoms with E-state index < -0.39 is 0 Å². The molecule has 142 valence electrons. The van der Waals surface area contributed by atoms with Gasteiger partial charge in [-0.2, -0.15) is 0 Å². The van der Waals surface area contributed by atoms with Crippen molar-refractivity contribution in [1.29, 1.82) is 0 Å². The third kappa shape index (κ3) is 6.22. The summed E-state index contributed by atoms with van der Waals surface area (Å²) in [6.07, 6.45) is 1.28. The Morgan fingerprint density at radius 2 is 1.56 bits per heavy atom. The number of hydrogen-bond donors (Lipinski definition) is 2. The van der Waals surface area contributed by atoms with E-state index in [1.807, 2.05) is 35.7 Å². The van der Waals surface area contributed by atoms with E-state index in [1.165, 1.54) is 30.4 Å². The highest BCUT2D eigenvalue weighted by molar-refractivity contribution is 8.16. The summed E-state index contributed by atoms with van der Waals surface area (Å²) >= 11 is 3.96. The van der Waals surface area contributed by atoms with E-state index in [9.17, 15) is 9.59 Å². The Morgan fingerprint density at radius 3 is 2.15 bits per heavy atom. The van der Waals surface area contributed by atoms with Crippen LogP contribution in [0.4, 0.5) is 11.4 Å². The van der Waals surface area contributed by atoms with Gasteiger partial charge in [-0.1, -0.05) is 12.1 Å². The number of carbonyl (C=O) groups excluding carboxylic acids is 2. The molecule has 2 N–H and O–H groups in total. The molecule has 1 fully saturated rings. The van der Waals surface area contributed by atoms with E-state index in [-0.39, 0.29) is 18.4 Å². The van der Waals surface area contributed by atoms with Crippen LogP contribution in [0.1, 0.15) is 23.5 Å². The minimum atomic E-state index is -0.232. The van der Waals surface area contributed by atoms with Crippen molar-refractivity contribution in [2.24, 2.45) is 0 Å². The number of ether oxygens (including phenoxy) is 1. The second kappa shape index (κ2) is 9.71. The number of anilines is 2. The van der Waals surface area contributed by atoms with Crippen molar-refractivity contribution in [2.75, 3.05) is 28.7 Å². The fourth-order valence-electron chi connectivity index (χ4n) is 2.59. The zero-order chi connectivity index (χ0) is 19.1. The number of amides is 2. The summed E-state index contributed by atoms with van der Waals surface area (Å²) < 4.78 is 6.07. The number of benzene rings is 2. The lowest BCUT2D eigenvalue weighted by Crippen LogP contribution is -2.20. The number of rotatable bonds is 6. The van der Waals surface area contributed by atoms with Crippen LogP contribution < -0.4 is 15.4 Å². The molecule has 1 aliphatic rings. The zero-order valence-corrected chi connectivity index (χ0v) is 16.7. The summed E-state index contributed by atoms with van der Waals surface area (Å²) in [7, 11) is 0. The highest BCUT2D eigenvalue weighted by Gasteiger charge is 2.16. The average molecular weight is 403 g/mol. The van der Waals surface area contributed by atoms with Crippen LogP contribution in [0.5, 0.6) is 5.75 Å². The largest absolute Gasteiger partial charge is 0.484 e. The smallest absolute Gasteiger partial charge is 0.262 e. The molecule has 0 unspecified atom stereocenters. The van der Waals surface area contributed by atoms with E-state index in [0.29, 0.717) is 21.7 Å². The quantitative estimate of drug-likeness (QED) is 0.743. The second-order valence-corrected chi connectivity index (χ2v) is 8.82. The topological polar surface area (TPSA) is 67.4 Å². The van der Waals surface area contributed by atoms with E-state index >= 15 is 0 Å². The van der Waals surface area contributed by atoms with Gasteiger partial charge in [-0.25, -0.2) is 0 Å². The molecular formula is C20H22N2O3S2. The molecule has 1 heterocycles. The molecule has 1 aliphatic heterocycles. The predicted molar refractivity (Wildman–Crippen MR) is 114 cm³/mol. The molecule has 2 aromatic rings. The van der Waals surface area contributed by atoms with E-state index in [2.05, 4.69) is 22.8 Å². The average Bonchev–Trinajstić information content (AvgIpc) is 2.69. The molecule has 3 rings (SSSR count). The van der Waals surface area contributed by atoms with Gasteiger partial charge in [0.2, 0.25) is 5.91 Å². The maximum Gasteiger partial charge on any atom is 0.262 e. The van der Waals surface area contributed by atoms with Crippen LogP contribution in [0.2, 0.25) is 0 Å². The Bertz CT molecular complexity index is 773. The summed E-state index contributed by atoms with van der Waals surface area (Å²) in [5.74, 6) is 2.74. The molecule has 2 aromatic carbocycles. The van der Waals surface area contributed by atoms with Gasteiger partial charge >= 0.3 is 0 Å². The molecule has 0 bridgehead atoms. The van der Waals surface area contributed by atoms with Crippen molar-refractivity contribution in [2.45, 2.75) is 17.9 Å². The molecular weight excluding hydrogens is 380 g/mol. The molecule has 0 aromatic heterocycles. The minimum absolute atomic E-state index is 0.0558. The van der Waals surface area contributed by atoms with Crippen molar-refractivity contribution in [3.8, 4) is 5.75 Å². The second-order valence-electron chi connectivity index (χ2n) is 6.09.